The summed E-state index contributed by atoms with van der Waals surface area (Å²) in [4.78, 5) is 29.1. The van der Waals surface area contributed by atoms with E-state index in [4.69, 9.17) is 9.94 Å². The molecule has 3 aromatic rings. The van der Waals surface area contributed by atoms with Crippen LogP contribution in [0, 0.1) is 5.82 Å². The number of aryl methyl sites for hydroxylation is 1. The van der Waals surface area contributed by atoms with E-state index in [1.54, 1.807) is 36.5 Å². The van der Waals surface area contributed by atoms with Crippen molar-refractivity contribution < 1.29 is 23.3 Å². The number of fused-ring (bicyclic) bond motifs is 1. The quantitative estimate of drug-likeness (QED) is 0.394. The lowest BCUT2D eigenvalue weighted by atomic mass is 10.0. The lowest BCUT2D eigenvalue weighted by molar-refractivity contribution is -0.131. The number of pyridine rings is 2. The van der Waals surface area contributed by atoms with Crippen molar-refractivity contribution in [2.75, 3.05) is 12.9 Å². The zero-order valence-corrected chi connectivity index (χ0v) is 18.7. The number of amides is 1. The van der Waals surface area contributed by atoms with Gasteiger partial charge in [0.25, 0.3) is 11.5 Å². The Morgan fingerprint density at radius 1 is 1.28 bits per heavy atom. The molecule has 32 heavy (non-hydrogen) atoms. The van der Waals surface area contributed by atoms with Crippen LogP contribution in [0.4, 0.5) is 4.39 Å². The molecule has 3 rings (SSSR count). The number of aromatic nitrogens is 2. The van der Waals surface area contributed by atoms with E-state index < -0.39 is 32.8 Å². The van der Waals surface area contributed by atoms with Crippen molar-refractivity contribution >= 4 is 27.5 Å². The predicted octanol–water partition coefficient (Wildman–Crippen LogP) is 2.63. The Hall–Kier alpha value is -3.11. The van der Waals surface area contributed by atoms with Crippen molar-refractivity contribution in [3.05, 3.63) is 58.9 Å². The highest BCUT2D eigenvalue weighted by Crippen LogP contribution is 2.26. The molecule has 1 amide bonds. The summed E-state index contributed by atoms with van der Waals surface area (Å²) in [5.74, 6) is -0.950. The fourth-order valence-electron chi connectivity index (χ4n) is 3.32. The number of hydrogen-bond acceptors (Lipinski definition) is 6. The molecule has 2 aromatic heterocycles. The molecule has 2 atom stereocenters. The SMILES string of the molecule is CCOc1ccc(-c2ccc3c(=O)n(CC[C@](C)(C(=O)NO)S(C)=O)cc(F)c3c2)cn1. The van der Waals surface area contributed by atoms with Crippen LogP contribution in [-0.2, 0) is 22.1 Å². The van der Waals surface area contributed by atoms with Crippen LogP contribution < -0.4 is 15.8 Å². The number of carbonyl (C=O) groups excluding carboxylic acids is 1. The number of ether oxygens (including phenoxy) is 1. The fourth-order valence-corrected chi connectivity index (χ4v) is 4.00. The number of halogens is 1. The molecule has 0 saturated carbocycles. The van der Waals surface area contributed by atoms with Gasteiger partial charge in [0.2, 0.25) is 5.88 Å². The third kappa shape index (κ3) is 4.56. The summed E-state index contributed by atoms with van der Waals surface area (Å²) < 4.78 is 32.0. The molecule has 2 heterocycles. The van der Waals surface area contributed by atoms with Gasteiger partial charge in [-0.2, -0.15) is 0 Å². The molecule has 0 aliphatic carbocycles. The van der Waals surface area contributed by atoms with Crippen molar-refractivity contribution in [2.24, 2.45) is 0 Å². The maximum Gasteiger partial charge on any atom is 0.261 e. The van der Waals surface area contributed by atoms with Gasteiger partial charge in [-0.05, 0) is 44.0 Å². The lowest BCUT2D eigenvalue weighted by Crippen LogP contribution is -2.47. The third-order valence-electron chi connectivity index (χ3n) is 5.45. The Labute approximate surface area is 186 Å². The highest BCUT2D eigenvalue weighted by atomic mass is 32.2. The maximum atomic E-state index is 14.9. The molecule has 1 aromatic carbocycles. The summed E-state index contributed by atoms with van der Waals surface area (Å²) in [6, 6.07) is 8.35. The molecule has 0 bridgehead atoms. The average Bonchev–Trinajstić information content (AvgIpc) is 2.80. The molecule has 0 saturated heterocycles. The molecule has 8 nitrogen and oxygen atoms in total. The van der Waals surface area contributed by atoms with Gasteiger partial charge in [0.1, 0.15) is 10.6 Å². The number of nitrogens with zero attached hydrogens (tertiary/aromatic N) is 2. The van der Waals surface area contributed by atoms with E-state index >= 15 is 0 Å². The number of carbonyl (C=O) groups is 1. The molecule has 0 radical (unpaired) electrons. The first-order chi connectivity index (χ1) is 15.2. The molecule has 0 spiro atoms. The van der Waals surface area contributed by atoms with E-state index in [1.165, 1.54) is 18.7 Å². The van der Waals surface area contributed by atoms with Gasteiger partial charge in [-0.25, -0.2) is 14.9 Å². The van der Waals surface area contributed by atoms with Crippen molar-refractivity contribution in [2.45, 2.75) is 31.6 Å². The molecule has 0 aliphatic heterocycles. The van der Waals surface area contributed by atoms with Crippen LogP contribution in [0.2, 0.25) is 0 Å². The number of rotatable bonds is 8. The predicted molar refractivity (Wildman–Crippen MR) is 120 cm³/mol. The molecule has 0 fully saturated rings. The standard InChI is InChI=1S/C22H24FN3O5S/c1-4-31-19-8-6-15(12-24-19)14-5-7-16-17(11-14)18(23)13-26(20(16)27)10-9-22(2,32(3)30)21(28)25-29/h5-8,11-13,29H,4,9-10H2,1-3H3,(H,25,28)/t22-,32?/m1/s1. The van der Waals surface area contributed by atoms with Gasteiger partial charge in [0.05, 0.1) is 12.0 Å². The van der Waals surface area contributed by atoms with E-state index in [2.05, 4.69) is 4.98 Å². The van der Waals surface area contributed by atoms with Gasteiger partial charge >= 0.3 is 0 Å². The van der Waals surface area contributed by atoms with Crippen molar-refractivity contribution in [3.63, 3.8) is 0 Å². The second kappa shape index (κ2) is 9.58. The zero-order valence-electron chi connectivity index (χ0n) is 17.9. The molecule has 2 N–H and O–H groups in total. The van der Waals surface area contributed by atoms with Gasteiger partial charge in [0.15, 0.2) is 0 Å². The molecule has 10 heteroatoms. The van der Waals surface area contributed by atoms with Crippen LogP contribution in [0.25, 0.3) is 21.9 Å². The van der Waals surface area contributed by atoms with E-state index in [9.17, 15) is 18.2 Å². The summed E-state index contributed by atoms with van der Waals surface area (Å²) >= 11 is 0. The first kappa shape index (κ1) is 23.6. The molecular formula is C22H24FN3O5S. The minimum absolute atomic E-state index is 0.0384. The maximum absolute atomic E-state index is 14.9. The topological polar surface area (TPSA) is 111 Å². The largest absolute Gasteiger partial charge is 0.478 e. The summed E-state index contributed by atoms with van der Waals surface area (Å²) in [5, 5.41) is 9.28. The van der Waals surface area contributed by atoms with Gasteiger partial charge < -0.3 is 9.30 Å². The Balaban J connectivity index is 1.94. The monoisotopic (exact) mass is 461 g/mol. The number of nitrogens with one attached hydrogen (secondary N) is 1. The van der Waals surface area contributed by atoms with Crippen LogP contribution in [0.1, 0.15) is 20.3 Å². The lowest BCUT2D eigenvalue weighted by Gasteiger charge is -2.24. The zero-order chi connectivity index (χ0) is 23.5. The summed E-state index contributed by atoms with van der Waals surface area (Å²) in [7, 11) is -1.64. The van der Waals surface area contributed by atoms with Crippen molar-refractivity contribution in [3.8, 4) is 17.0 Å². The Morgan fingerprint density at radius 2 is 2.00 bits per heavy atom. The first-order valence-electron chi connectivity index (χ1n) is 9.91. The molecule has 170 valence electrons. The van der Waals surface area contributed by atoms with Crippen molar-refractivity contribution in [1.82, 2.24) is 15.0 Å². The van der Waals surface area contributed by atoms with Gasteiger partial charge in [-0.1, -0.05) is 6.07 Å². The van der Waals surface area contributed by atoms with E-state index in [-0.39, 0.29) is 23.7 Å². The molecule has 1 unspecified atom stereocenters. The van der Waals surface area contributed by atoms with Gasteiger partial charge in [-0.15, -0.1) is 0 Å². The van der Waals surface area contributed by atoms with Crippen LogP contribution in [0.5, 0.6) is 5.88 Å². The van der Waals surface area contributed by atoms with E-state index in [0.29, 0.717) is 18.1 Å². The fraction of sp³-hybridized carbons (Fsp3) is 0.318. The molecule has 0 aliphatic rings. The van der Waals surface area contributed by atoms with Crippen LogP contribution >= 0.6 is 0 Å². The Morgan fingerprint density at radius 3 is 2.59 bits per heavy atom. The summed E-state index contributed by atoms with van der Waals surface area (Å²) in [6.07, 6.45) is 3.98. The van der Waals surface area contributed by atoms with Crippen LogP contribution in [-0.4, -0.2) is 42.5 Å². The second-order valence-electron chi connectivity index (χ2n) is 7.43. The average molecular weight is 462 g/mol. The van der Waals surface area contributed by atoms with Crippen LogP contribution in [0.3, 0.4) is 0 Å². The van der Waals surface area contributed by atoms with Crippen molar-refractivity contribution in [1.29, 1.82) is 0 Å². The smallest absolute Gasteiger partial charge is 0.261 e. The third-order valence-corrected chi connectivity index (χ3v) is 7.10. The minimum atomic E-state index is -1.64. The highest BCUT2D eigenvalue weighted by molar-refractivity contribution is 7.86. The number of hydroxylamine groups is 1. The Kier molecular flexibility index (Phi) is 7.05. The summed E-state index contributed by atoms with van der Waals surface area (Å²) in [5.41, 5.74) is 2.50. The second-order valence-corrected chi connectivity index (χ2v) is 9.24. The minimum Gasteiger partial charge on any atom is -0.478 e. The van der Waals surface area contributed by atoms with Gasteiger partial charge in [-0.3, -0.25) is 19.0 Å². The van der Waals surface area contributed by atoms with Gasteiger partial charge in [0, 0.05) is 53.0 Å². The number of hydrogen-bond donors (Lipinski definition) is 2. The van der Waals surface area contributed by atoms with E-state index in [1.807, 2.05) is 6.92 Å². The first-order valence-corrected chi connectivity index (χ1v) is 11.5. The Bertz CT molecular complexity index is 1230. The van der Waals surface area contributed by atoms with Crippen LogP contribution in [0.15, 0.2) is 47.5 Å². The normalized spacial score (nSPS) is 14.0. The number of benzene rings is 1. The highest BCUT2D eigenvalue weighted by Gasteiger charge is 2.37. The summed E-state index contributed by atoms with van der Waals surface area (Å²) in [6.45, 7) is 3.71. The van der Waals surface area contributed by atoms with E-state index in [0.717, 1.165) is 16.3 Å². The molecular weight excluding hydrogens is 437 g/mol.